The van der Waals surface area contributed by atoms with Crippen molar-refractivity contribution < 1.29 is 24.5 Å². The van der Waals surface area contributed by atoms with Gasteiger partial charge in [-0.1, -0.05) is 6.92 Å². The van der Waals surface area contributed by atoms with Gasteiger partial charge in [-0.3, -0.25) is 5.32 Å². The van der Waals surface area contributed by atoms with E-state index in [1.807, 2.05) is 6.92 Å². The highest BCUT2D eigenvalue weighted by Gasteiger charge is 2.36. The predicted molar refractivity (Wildman–Crippen MR) is 87.7 cm³/mol. The number of amides is 2. The third-order valence-corrected chi connectivity index (χ3v) is 4.01. The van der Waals surface area contributed by atoms with Crippen LogP contribution in [-0.2, 0) is 4.74 Å². The average molecular weight is 339 g/mol. The Labute approximate surface area is 141 Å². The summed E-state index contributed by atoms with van der Waals surface area (Å²) < 4.78 is 11.2. The predicted octanol–water partition coefficient (Wildman–Crippen LogP) is 0.239. The van der Waals surface area contributed by atoms with Gasteiger partial charge in [-0.15, -0.1) is 0 Å². The molecule has 8 heteroatoms. The lowest BCUT2D eigenvalue weighted by molar-refractivity contribution is -0.124. The summed E-state index contributed by atoms with van der Waals surface area (Å²) in [6.07, 6.45) is -0.128. The van der Waals surface area contributed by atoms with Gasteiger partial charge in [0.2, 0.25) is 0 Å². The highest BCUT2D eigenvalue weighted by atomic mass is 16.5. The first kappa shape index (κ1) is 18.3. The van der Waals surface area contributed by atoms with E-state index >= 15 is 0 Å². The molecule has 0 radical (unpaired) electrons. The molecule has 2 amide bonds. The number of morpholine rings is 1. The van der Waals surface area contributed by atoms with E-state index in [0.29, 0.717) is 31.9 Å². The third-order valence-electron chi connectivity index (χ3n) is 4.01. The van der Waals surface area contributed by atoms with Crippen LogP contribution >= 0.6 is 0 Å². The Bertz CT molecular complexity index is 539. The SMILES string of the molecule is CCC1(NCC(O)COc2ccc(O)cc2)CN(C(N)=O)CCO1. The zero-order valence-electron chi connectivity index (χ0n) is 13.8. The summed E-state index contributed by atoms with van der Waals surface area (Å²) in [7, 11) is 0. The molecule has 0 aromatic heterocycles. The van der Waals surface area contributed by atoms with Crippen molar-refractivity contribution in [1.29, 1.82) is 0 Å². The van der Waals surface area contributed by atoms with E-state index in [2.05, 4.69) is 5.32 Å². The smallest absolute Gasteiger partial charge is 0.315 e. The van der Waals surface area contributed by atoms with E-state index in [1.54, 1.807) is 12.1 Å². The standard InChI is InChI=1S/C16H25N3O5/c1-2-16(11-19(15(17)22)7-8-24-16)18-9-13(21)10-23-14-5-3-12(20)4-6-14/h3-6,13,18,20-21H,2,7-11H2,1H3,(H2,17,22). The van der Waals surface area contributed by atoms with Crippen molar-refractivity contribution in [1.82, 2.24) is 10.2 Å². The van der Waals surface area contributed by atoms with Crippen LogP contribution in [0.5, 0.6) is 11.5 Å². The molecular formula is C16H25N3O5. The van der Waals surface area contributed by atoms with Crippen molar-refractivity contribution in [3.05, 3.63) is 24.3 Å². The van der Waals surface area contributed by atoms with E-state index in [1.165, 1.54) is 17.0 Å². The Morgan fingerprint density at radius 2 is 2.21 bits per heavy atom. The lowest BCUT2D eigenvalue weighted by atomic mass is 10.1. The van der Waals surface area contributed by atoms with E-state index in [9.17, 15) is 15.0 Å². The number of hydrogen-bond donors (Lipinski definition) is 4. The van der Waals surface area contributed by atoms with Crippen LogP contribution in [0.25, 0.3) is 0 Å². The number of hydrogen-bond acceptors (Lipinski definition) is 6. The molecule has 2 rings (SSSR count). The van der Waals surface area contributed by atoms with Crippen molar-refractivity contribution in [2.24, 2.45) is 5.73 Å². The summed E-state index contributed by atoms with van der Waals surface area (Å²) in [5, 5.41) is 22.5. The van der Waals surface area contributed by atoms with Gasteiger partial charge in [0.25, 0.3) is 0 Å². The number of phenols is 1. The molecule has 2 unspecified atom stereocenters. The van der Waals surface area contributed by atoms with Gasteiger partial charge in [-0.25, -0.2) is 4.79 Å². The molecule has 8 nitrogen and oxygen atoms in total. The maximum atomic E-state index is 11.4. The molecule has 2 atom stereocenters. The Balaban J connectivity index is 1.81. The summed E-state index contributed by atoms with van der Waals surface area (Å²) in [6, 6.07) is 5.80. The Morgan fingerprint density at radius 1 is 1.50 bits per heavy atom. The van der Waals surface area contributed by atoms with Gasteiger partial charge >= 0.3 is 6.03 Å². The largest absolute Gasteiger partial charge is 0.508 e. The number of aliphatic hydroxyl groups excluding tert-OH is 1. The molecule has 0 spiro atoms. The molecule has 5 N–H and O–H groups in total. The maximum absolute atomic E-state index is 11.4. The summed E-state index contributed by atoms with van der Waals surface area (Å²) in [5.74, 6) is 0.716. The van der Waals surface area contributed by atoms with Crippen molar-refractivity contribution in [3.63, 3.8) is 0 Å². The molecular weight excluding hydrogens is 314 g/mol. The summed E-state index contributed by atoms with van der Waals surface area (Å²) in [6.45, 7) is 3.48. The van der Waals surface area contributed by atoms with Crippen LogP contribution in [0.15, 0.2) is 24.3 Å². The number of carbonyl (C=O) groups is 1. The molecule has 1 aromatic rings. The number of primary amides is 1. The fourth-order valence-electron chi connectivity index (χ4n) is 2.52. The van der Waals surface area contributed by atoms with E-state index < -0.39 is 17.9 Å². The minimum Gasteiger partial charge on any atom is -0.508 e. The molecule has 1 heterocycles. The van der Waals surface area contributed by atoms with Crippen molar-refractivity contribution in [2.45, 2.75) is 25.2 Å². The molecule has 134 valence electrons. The second-order valence-electron chi connectivity index (χ2n) is 5.80. The molecule has 1 aliphatic heterocycles. The normalized spacial score (nSPS) is 22.2. The second-order valence-corrected chi connectivity index (χ2v) is 5.80. The number of aromatic hydroxyl groups is 1. The molecule has 1 aliphatic rings. The lowest BCUT2D eigenvalue weighted by Gasteiger charge is -2.42. The van der Waals surface area contributed by atoms with Crippen molar-refractivity contribution in [2.75, 3.05) is 32.8 Å². The van der Waals surface area contributed by atoms with Gasteiger partial charge < -0.3 is 30.3 Å². The number of carbonyl (C=O) groups excluding carboxylic acids is 1. The van der Waals surface area contributed by atoms with Gasteiger partial charge in [0.1, 0.15) is 29.9 Å². The Hall–Kier alpha value is -2.03. The van der Waals surface area contributed by atoms with Gasteiger partial charge in [0.15, 0.2) is 0 Å². The summed E-state index contributed by atoms with van der Waals surface area (Å²) in [5.41, 5.74) is 4.62. The number of benzene rings is 1. The van der Waals surface area contributed by atoms with Crippen molar-refractivity contribution in [3.8, 4) is 11.5 Å². The summed E-state index contributed by atoms with van der Waals surface area (Å²) in [4.78, 5) is 12.9. The van der Waals surface area contributed by atoms with Crippen LogP contribution in [0.3, 0.4) is 0 Å². The topological polar surface area (TPSA) is 117 Å². The Kier molecular flexibility index (Phi) is 6.24. The number of nitrogens with zero attached hydrogens (tertiary/aromatic N) is 1. The molecule has 1 saturated heterocycles. The number of urea groups is 1. The fourth-order valence-corrected chi connectivity index (χ4v) is 2.52. The molecule has 1 aromatic carbocycles. The molecule has 0 aliphatic carbocycles. The fraction of sp³-hybridized carbons (Fsp3) is 0.562. The number of ether oxygens (including phenoxy) is 2. The second kappa shape index (κ2) is 8.18. The monoisotopic (exact) mass is 339 g/mol. The van der Waals surface area contributed by atoms with E-state index in [-0.39, 0.29) is 18.9 Å². The molecule has 0 saturated carbocycles. The minimum atomic E-state index is -0.755. The summed E-state index contributed by atoms with van der Waals surface area (Å²) >= 11 is 0. The quantitative estimate of drug-likeness (QED) is 0.565. The average Bonchev–Trinajstić information content (AvgIpc) is 2.59. The van der Waals surface area contributed by atoms with E-state index in [0.717, 1.165) is 0 Å². The zero-order valence-corrected chi connectivity index (χ0v) is 13.8. The Morgan fingerprint density at radius 3 is 2.83 bits per heavy atom. The molecule has 1 fully saturated rings. The van der Waals surface area contributed by atoms with Crippen LogP contribution in [0.4, 0.5) is 4.79 Å². The number of aliphatic hydroxyl groups is 1. The number of phenolic OH excluding ortho intramolecular Hbond substituents is 1. The zero-order chi connectivity index (χ0) is 17.6. The highest BCUT2D eigenvalue weighted by Crippen LogP contribution is 2.19. The van der Waals surface area contributed by atoms with Gasteiger partial charge in [-0.05, 0) is 30.7 Å². The lowest BCUT2D eigenvalue weighted by Crippen LogP contribution is -2.62. The van der Waals surface area contributed by atoms with Crippen LogP contribution < -0.4 is 15.8 Å². The van der Waals surface area contributed by atoms with Gasteiger partial charge in [0, 0.05) is 13.1 Å². The highest BCUT2D eigenvalue weighted by molar-refractivity contribution is 5.72. The van der Waals surface area contributed by atoms with Crippen LogP contribution in [0.2, 0.25) is 0 Å². The van der Waals surface area contributed by atoms with Gasteiger partial charge in [-0.2, -0.15) is 0 Å². The molecule has 0 bridgehead atoms. The first-order valence-corrected chi connectivity index (χ1v) is 7.97. The van der Waals surface area contributed by atoms with Crippen molar-refractivity contribution >= 4 is 6.03 Å². The third kappa shape index (κ3) is 4.98. The van der Waals surface area contributed by atoms with Crippen LogP contribution in [0.1, 0.15) is 13.3 Å². The number of rotatable bonds is 7. The first-order chi connectivity index (χ1) is 11.4. The first-order valence-electron chi connectivity index (χ1n) is 7.97. The number of nitrogens with two attached hydrogens (primary N) is 1. The van der Waals surface area contributed by atoms with Crippen LogP contribution in [0, 0.1) is 0 Å². The molecule has 24 heavy (non-hydrogen) atoms. The number of nitrogens with one attached hydrogen (secondary N) is 1. The van der Waals surface area contributed by atoms with Gasteiger partial charge in [0.05, 0.1) is 13.2 Å². The van der Waals surface area contributed by atoms with Crippen LogP contribution in [-0.4, -0.2) is 65.8 Å². The minimum absolute atomic E-state index is 0.0943. The van der Waals surface area contributed by atoms with E-state index in [4.69, 9.17) is 15.2 Å². The maximum Gasteiger partial charge on any atom is 0.315 e.